The van der Waals surface area contributed by atoms with Crippen LogP contribution in [0.1, 0.15) is 64.0 Å². The molecular formula is C26H34N6O5S. The van der Waals surface area contributed by atoms with Crippen LogP contribution in [0.5, 0.6) is 0 Å². The molecule has 2 N–H and O–H groups in total. The Morgan fingerprint density at radius 3 is 2.63 bits per heavy atom. The van der Waals surface area contributed by atoms with Crippen LogP contribution in [0.2, 0.25) is 0 Å². The fraction of sp³-hybridized carbons (Fsp3) is 0.615. The van der Waals surface area contributed by atoms with Gasteiger partial charge in [0.15, 0.2) is 22.8 Å². The molecule has 38 heavy (non-hydrogen) atoms. The van der Waals surface area contributed by atoms with Crippen molar-refractivity contribution >= 4 is 26.8 Å². The molecule has 0 bridgehead atoms. The normalized spacial score (nSPS) is 30.0. The van der Waals surface area contributed by atoms with E-state index in [4.69, 9.17) is 9.47 Å². The fourth-order valence-corrected chi connectivity index (χ4v) is 7.15. The van der Waals surface area contributed by atoms with E-state index < -0.39 is 15.6 Å². The van der Waals surface area contributed by atoms with Crippen LogP contribution in [-0.2, 0) is 19.3 Å². The van der Waals surface area contributed by atoms with Gasteiger partial charge >= 0.3 is 0 Å². The predicted octanol–water partition coefficient (Wildman–Crippen LogP) is 2.84. The minimum absolute atomic E-state index is 0.0438. The first-order valence-electron chi connectivity index (χ1n) is 13.3. The summed E-state index contributed by atoms with van der Waals surface area (Å²) < 4.78 is 40.3. The van der Waals surface area contributed by atoms with Crippen molar-refractivity contribution in [2.45, 2.75) is 87.6 Å². The third-order valence-electron chi connectivity index (χ3n) is 7.76. The molecule has 3 aliphatic rings. The maximum Gasteiger partial charge on any atom is 0.251 e. The second kappa shape index (κ2) is 9.51. The van der Waals surface area contributed by atoms with Crippen molar-refractivity contribution in [3.05, 3.63) is 35.9 Å². The van der Waals surface area contributed by atoms with Gasteiger partial charge in [0.25, 0.3) is 5.16 Å². The van der Waals surface area contributed by atoms with Crippen LogP contribution in [0.25, 0.3) is 11.2 Å². The van der Waals surface area contributed by atoms with E-state index in [1.54, 1.807) is 4.68 Å². The number of ether oxygens (including phenoxy) is 2. The Labute approximate surface area is 221 Å². The molecule has 1 saturated heterocycles. The zero-order chi connectivity index (χ0) is 26.7. The van der Waals surface area contributed by atoms with Gasteiger partial charge in [-0.1, -0.05) is 42.5 Å². The smallest absolute Gasteiger partial charge is 0.251 e. The van der Waals surface area contributed by atoms with Gasteiger partial charge in [-0.2, -0.15) is 9.97 Å². The third kappa shape index (κ3) is 4.57. The molecule has 2 aromatic heterocycles. The highest BCUT2D eigenvalue weighted by atomic mass is 32.2. The van der Waals surface area contributed by atoms with Gasteiger partial charge in [0.05, 0.1) is 17.9 Å². The number of hydrogen-bond donors (Lipinski definition) is 2. The van der Waals surface area contributed by atoms with Gasteiger partial charge in [-0.25, -0.2) is 13.1 Å². The molecule has 6 unspecified atom stereocenters. The SMILES string of the molecule is CCCS(=O)(=O)c1nc(NC2CC2c2ccccc2)c2nnn(C3CC(CCO)C4OC(C)(C)OC43)c2n1. The lowest BCUT2D eigenvalue weighted by atomic mass is 10.0. The summed E-state index contributed by atoms with van der Waals surface area (Å²) in [5.41, 5.74) is 2.01. The standard InChI is InChI=1S/C26H34N6O5S/c1-4-12-38(34,35)25-28-23(27-18-14-17(18)15-8-6-5-7-9-15)20-24(29-25)32(31-30-20)19-13-16(10-11-33)21-22(19)37-26(2,3)36-21/h5-9,16-19,21-22,33H,4,10-14H2,1-3H3,(H,27,28,29). The van der Waals surface area contributed by atoms with Crippen molar-refractivity contribution in [2.75, 3.05) is 17.7 Å². The topological polar surface area (TPSA) is 141 Å². The Balaban J connectivity index is 1.39. The summed E-state index contributed by atoms with van der Waals surface area (Å²) >= 11 is 0. The van der Waals surface area contributed by atoms with Gasteiger partial charge in [-0.15, -0.1) is 5.10 Å². The van der Waals surface area contributed by atoms with E-state index >= 15 is 0 Å². The minimum atomic E-state index is -3.70. The molecule has 2 saturated carbocycles. The van der Waals surface area contributed by atoms with Crippen LogP contribution in [0.4, 0.5) is 5.82 Å². The van der Waals surface area contributed by atoms with E-state index in [-0.39, 0.29) is 47.7 Å². The van der Waals surface area contributed by atoms with Crippen molar-refractivity contribution < 1.29 is 23.0 Å². The summed E-state index contributed by atoms with van der Waals surface area (Å²) in [4.78, 5) is 8.97. The second-order valence-corrected chi connectivity index (χ2v) is 13.0. The molecule has 3 fully saturated rings. The van der Waals surface area contributed by atoms with Gasteiger partial charge in [0.1, 0.15) is 6.10 Å². The number of nitrogens with one attached hydrogen (secondary N) is 1. The number of rotatable bonds is 9. The van der Waals surface area contributed by atoms with Crippen molar-refractivity contribution in [1.82, 2.24) is 25.0 Å². The molecular weight excluding hydrogens is 508 g/mol. The lowest BCUT2D eigenvalue weighted by Gasteiger charge is -2.23. The average Bonchev–Trinajstić information content (AvgIpc) is 3.22. The molecule has 12 heteroatoms. The first-order chi connectivity index (χ1) is 18.2. The Morgan fingerprint density at radius 1 is 1.13 bits per heavy atom. The predicted molar refractivity (Wildman–Crippen MR) is 139 cm³/mol. The zero-order valence-corrected chi connectivity index (χ0v) is 22.6. The van der Waals surface area contributed by atoms with Crippen LogP contribution >= 0.6 is 0 Å². The summed E-state index contributed by atoms with van der Waals surface area (Å²) in [6, 6.07) is 10.1. The number of fused-ring (bicyclic) bond motifs is 2. The summed E-state index contributed by atoms with van der Waals surface area (Å²) in [6.07, 6.45) is 2.06. The zero-order valence-electron chi connectivity index (χ0n) is 21.8. The van der Waals surface area contributed by atoms with Gasteiger partial charge in [-0.05, 0) is 51.0 Å². The number of aliphatic hydroxyl groups excluding tert-OH is 1. The molecule has 204 valence electrons. The van der Waals surface area contributed by atoms with Crippen molar-refractivity contribution in [3.8, 4) is 0 Å². The highest BCUT2D eigenvalue weighted by molar-refractivity contribution is 7.91. The lowest BCUT2D eigenvalue weighted by molar-refractivity contribution is -0.161. The summed E-state index contributed by atoms with van der Waals surface area (Å²) in [7, 11) is -3.70. The van der Waals surface area contributed by atoms with Crippen LogP contribution < -0.4 is 5.32 Å². The van der Waals surface area contributed by atoms with E-state index in [2.05, 4.69) is 37.7 Å². The van der Waals surface area contributed by atoms with E-state index in [9.17, 15) is 13.5 Å². The molecule has 2 aliphatic carbocycles. The van der Waals surface area contributed by atoms with E-state index in [1.165, 1.54) is 5.56 Å². The molecule has 11 nitrogen and oxygen atoms in total. The van der Waals surface area contributed by atoms with Gasteiger partial charge in [0, 0.05) is 18.6 Å². The largest absolute Gasteiger partial charge is 0.396 e. The molecule has 1 aromatic carbocycles. The Hall–Kier alpha value is -2.67. The molecule has 3 heterocycles. The average molecular weight is 543 g/mol. The minimum Gasteiger partial charge on any atom is -0.396 e. The second-order valence-electron chi connectivity index (χ2n) is 11.0. The third-order valence-corrected chi connectivity index (χ3v) is 9.44. The molecule has 6 atom stereocenters. The van der Waals surface area contributed by atoms with Gasteiger partial charge < -0.3 is 19.9 Å². The summed E-state index contributed by atoms with van der Waals surface area (Å²) in [5.74, 6) is -0.0593. The number of sulfone groups is 1. The van der Waals surface area contributed by atoms with E-state index in [0.717, 1.165) is 6.42 Å². The molecule has 1 aliphatic heterocycles. The number of nitrogens with zero attached hydrogens (tertiary/aromatic N) is 5. The number of aromatic nitrogens is 5. The quantitative estimate of drug-likeness (QED) is 0.388. The van der Waals surface area contributed by atoms with Crippen LogP contribution in [0, 0.1) is 5.92 Å². The van der Waals surface area contributed by atoms with Gasteiger partial charge in [0.2, 0.25) is 9.84 Å². The van der Waals surface area contributed by atoms with Crippen molar-refractivity contribution in [3.63, 3.8) is 0 Å². The van der Waals surface area contributed by atoms with E-state index in [0.29, 0.717) is 42.2 Å². The van der Waals surface area contributed by atoms with Crippen LogP contribution in [0.3, 0.4) is 0 Å². The number of anilines is 1. The van der Waals surface area contributed by atoms with Crippen molar-refractivity contribution in [2.24, 2.45) is 5.92 Å². The monoisotopic (exact) mass is 542 g/mol. The number of benzene rings is 1. The highest BCUT2D eigenvalue weighted by Crippen LogP contribution is 2.48. The van der Waals surface area contributed by atoms with E-state index in [1.807, 2.05) is 39.0 Å². The molecule has 6 rings (SSSR count). The maximum atomic E-state index is 13.1. The van der Waals surface area contributed by atoms with Gasteiger partial charge in [-0.3, -0.25) is 0 Å². The first kappa shape index (κ1) is 25.6. The molecule has 0 spiro atoms. The Bertz CT molecular complexity index is 1430. The summed E-state index contributed by atoms with van der Waals surface area (Å²) in [6.45, 7) is 5.60. The number of aliphatic hydroxyl groups is 1. The highest BCUT2D eigenvalue weighted by Gasteiger charge is 2.55. The maximum absolute atomic E-state index is 13.1. The molecule has 0 radical (unpaired) electrons. The van der Waals surface area contributed by atoms with Crippen LogP contribution in [0.15, 0.2) is 35.5 Å². The number of hydrogen-bond acceptors (Lipinski definition) is 10. The van der Waals surface area contributed by atoms with Crippen LogP contribution in [-0.4, -0.2) is 74.9 Å². The molecule has 3 aromatic rings. The van der Waals surface area contributed by atoms with Crippen molar-refractivity contribution in [1.29, 1.82) is 0 Å². The fourth-order valence-electron chi connectivity index (χ4n) is 5.98. The Kier molecular flexibility index (Phi) is 6.41. The first-order valence-corrected chi connectivity index (χ1v) is 15.0. The molecule has 0 amide bonds. The lowest BCUT2D eigenvalue weighted by Crippen LogP contribution is -2.28. The summed E-state index contributed by atoms with van der Waals surface area (Å²) in [5, 5.41) is 21.7. The Morgan fingerprint density at radius 2 is 1.89 bits per heavy atom.